The zero-order valence-corrected chi connectivity index (χ0v) is 35.9. The molecule has 65 heavy (non-hydrogen) atoms. The zero-order chi connectivity index (χ0) is 43.0. The first-order valence-electron chi connectivity index (χ1n) is 21.9. The molecule has 0 aliphatic heterocycles. The van der Waals surface area contributed by atoms with Crippen molar-refractivity contribution in [2.24, 2.45) is 0 Å². The topological polar surface area (TPSA) is 14.2 Å². The average molecular weight is 844 g/mol. The highest BCUT2D eigenvalue weighted by molar-refractivity contribution is 7.26. The van der Waals surface area contributed by atoms with Crippen LogP contribution >= 0.6 is 11.3 Å². The molecule has 0 aliphatic rings. The summed E-state index contributed by atoms with van der Waals surface area (Å²) in [6.07, 6.45) is 0. The molecule has 3 heterocycles. The first kappa shape index (κ1) is 37.1. The van der Waals surface area contributed by atoms with Crippen LogP contribution in [-0.2, 0) is 0 Å². The number of benzene rings is 10. The molecule has 302 valence electrons. The molecule has 0 radical (unpaired) electrons. The smallest absolute Gasteiger partial charge is 0.206 e. The van der Waals surface area contributed by atoms with Gasteiger partial charge in [-0.05, 0) is 105 Å². The van der Waals surface area contributed by atoms with E-state index in [4.69, 9.17) is 6.57 Å². The summed E-state index contributed by atoms with van der Waals surface area (Å²) in [4.78, 5) is 4.31. The van der Waals surface area contributed by atoms with E-state index in [1.54, 1.807) is 11.3 Å². The lowest BCUT2D eigenvalue weighted by atomic mass is 10.0. The third-order valence-electron chi connectivity index (χ3n) is 13.1. The molecule has 0 bridgehead atoms. The van der Waals surface area contributed by atoms with Gasteiger partial charge in [-0.2, -0.15) is 0 Å². The molecule has 3 nitrogen and oxygen atoms in total. The first-order valence-corrected chi connectivity index (χ1v) is 22.8. The van der Waals surface area contributed by atoms with Crippen molar-refractivity contribution in [1.29, 1.82) is 0 Å². The van der Waals surface area contributed by atoms with Gasteiger partial charge in [0, 0.05) is 41.7 Å². The number of hydrogen-bond acceptors (Lipinski definition) is 1. The van der Waals surface area contributed by atoms with Gasteiger partial charge in [0.1, 0.15) is 0 Å². The Morgan fingerprint density at radius 2 is 0.708 bits per heavy atom. The van der Waals surface area contributed by atoms with Gasteiger partial charge in [-0.25, -0.2) is 4.85 Å². The number of rotatable bonds is 6. The van der Waals surface area contributed by atoms with Gasteiger partial charge >= 0.3 is 0 Å². The molecule has 10 aromatic carbocycles. The summed E-state index contributed by atoms with van der Waals surface area (Å²) in [6.45, 7) is 8.73. The predicted octanol–water partition coefficient (Wildman–Crippen LogP) is 17.5. The number of aromatic nitrogens is 2. The van der Waals surface area contributed by atoms with E-state index in [1.165, 1.54) is 44.2 Å². The standard InChI is InChI=1S/C61H37N3S/c1-62-52-38-57(63-53-30-26-43(39-16-6-2-7-17-39)34-48(53)49-35-44(27-31-54(49)63)40-18-8-3-9-19-40)60(59-47-24-14-15-25-58(47)65-61(52)59)64-55-32-28-45(41-20-10-4-11-21-41)36-50(55)51-37-46(29-33-56(51)64)42-22-12-5-13-23-42/h2-38H. The number of nitrogens with zero attached hydrogens (tertiary/aromatic N) is 3. The van der Waals surface area contributed by atoms with E-state index >= 15 is 0 Å². The number of hydrogen-bond donors (Lipinski definition) is 0. The van der Waals surface area contributed by atoms with Crippen LogP contribution in [0.25, 0.3) is 125 Å². The van der Waals surface area contributed by atoms with E-state index in [0.29, 0.717) is 5.69 Å². The maximum absolute atomic E-state index is 8.73. The van der Waals surface area contributed by atoms with Crippen LogP contribution in [0.5, 0.6) is 0 Å². The van der Waals surface area contributed by atoms with Gasteiger partial charge in [-0.3, -0.25) is 0 Å². The maximum Gasteiger partial charge on any atom is 0.206 e. The highest BCUT2D eigenvalue weighted by Crippen LogP contribution is 2.50. The summed E-state index contributed by atoms with van der Waals surface area (Å²) < 4.78 is 7.08. The van der Waals surface area contributed by atoms with Crippen molar-refractivity contribution >= 4 is 80.8 Å². The summed E-state index contributed by atoms with van der Waals surface area (Å²) in [5, 5.41) is 6.90. The van der Waals surface area contributed by atoms with E-state index in [0.717, 1.165) is 75.5 Å². The molecule has 0 N–H and O–H groups in total. The minimum atomic E-state index is 0.648. The second-order valence-electron chi connectivity index (χ2n) is 16.7. The normalized spacial score (nSPS) is 11.7. The van der Waals surface area contributed by atoms with Gasteiger partial charge in [0.05, 0.1) is 40.0 Å². The van der Waals surface area contributed by atoms with Crippen LogP contribution in [0.1, 0.15) is 0 Å². The summed E-state index contributed by atoms with van der Waals surface area (Å²) in [5.41, 5.74) is 16.4. The van der Waals surface area contributed by atoms with Crippen molar-refractivity contribution in [2.75, 3.05) is 0 Å². The molecule has 3 aromatic heterocycles. The lowest BCUT2D eigenvalue weighted by Crippen LogP contribution is -2.04. The van der Waals surface area contributed by atoms with E-state index in [9.17, 15) is 0 Å². The lowest BCUT2D eigenvalue weighted by molar-refractivity contribution is 1.11. The highest BCUT2D eigenvalue weighted by Gasteiger charge is 2.26. The van der Waals surface area contributed by atoms with Gasteiger partial charge in [0.15, 0.2) is 0 Å². The number of thiophene rings is 1. The van der Waals surface area contributed by atoms with Gasteiger partial charge < -0.3 is 9.13 Å². The number of fused-ring (bicyclic) bond motifs is 9. The fraction of sp³-hybridized carbons (Fsp3) is 0. The molecule has 13 aromatic rings. The third-order valence-corrected chi connectivity index (χ3v) is 14.3. The predicted molar refractivity (Wildman–Crippen MR) is 276 cm³/mol. The van der Waals surface area contributed by atoms with E-state index < -0.39 is 0 Å². The Morgan fingerprint density at radius 1 is 0.338 bits per heavy atom. The van der Waals surface area contributed by atoms with Gasteiger partial charge in [0.25, 0.3) is 0 Å². The van der Waals surface area contributed by atoms with Crippen molar-refractivity contribution in [3.05, 3.63) is 236 Å². The van der Waals surface area contributed by atoms with E-state index in [-0.39, 0.29) is 0 Å². The zero-order valence-electron chi connectivity index (χ0n) is 35.1. The molecule has 0 saturated carbocycles. The highest BCUT2D eigenvalue weighted by atomic mass is 32.1. The third kappa shape index (κ3) is 5.87. The second kappa shape index (κ2) is 14.8. The Kier molecular flexibility index (Phi) is 8.46. The van der Waals surface area contributed by atoms with Crippen LogP contribution in [0.4, 0.5) is 5.69 Å². The lowest BCUT2D eigenvalue weighted by Gasteiger charge is -2.20. The van der Waals surface area contributed by atoms with Crippen molar-refractivity contribution in [1.82, 2.24) is 9.13 Å². The minimum Gasteiger partial charge on any atom is -0.308 e. The van der Waals surface area contributed by atoms with Crippen molar-refractivity contribution in [3.63, 3.8) is 0 Å². The van der Waals surface area contributed by atoms with Crippen molar-refractivity contribution in [3.8, 4) is 55.9 Å². The van der Waals surface area contributed by atoms with Crippen LogP contribution < -0.4 is 0 Å². The summed E-state index contributed by atoms with van der Waals surface area (Å²) in [6, 6.07) is 81.0. The molecule has 0 spiro atoms. The first-order chi connectivity index (χ1) is 32.2. The second-order valence-corrected chi connectivity index (χ2v) is 17.8. The Morgan fingerprint density at radius 3 is 1.11 bits per heavy atom. The molecule has 0 atom stereocenters. The van der Waals surface area contributed by atoms with Crippen LogP contribution in [-0.4, -0.2) is 9.13 Å². The summed E-state index contributed by atoms with van der Waals surface area (Å²) in [5.74, 6) is 0. The Hall–Kier alpha value is -8.49. The molecule has 0 amide bonds. The SMILES string of the molecule is [C-]#[N+]c1cc(-n2c3ccc(-c4ccccc4)cc3c3cc(-c4ccccc4)ccc32)c(-n2c3ccc(-c4ccccc4)cc3c3cc(-c4ccccc4)ccc32)c2c1sc1ccccc12. The van der Waals surface area contributed by atoms with Crippen LogP contribution in [0.3, 0.4) is 0 Å². The molecule has 13 rings (SSSR count). The quantitative estimate of drug-likeness (QED) is 0.148. The fourth-order valence-electron chi connectivity index (χ4n) is 10.1. The van der Waals surface area contributed by atoms with Gasteiger partial charge in [-0.15, -0.1) is 11.3 Å². The van der Waals surface area contributed by atoms with Gasteiger partial charge in [0.2, 0.25) is 5.69 Å². The summed E-state index contributed by atoms with van der Waals surface area (Å²) in [7, 11) is 0. The van der Waals surface area contributed by atoms with Crippen LogP contribution in [0.15, 0.2) is 224 Å². The van der Waals surface area contributed by atoms with Gasteiger partial charge in [-0.1, -0.05) is 164 Å². The fourth-order valence-corrected chi connectivity index (χ4v) is 11.3. The van der Waals surface area contributed by atoms with E-state index in [2.05, 4.69) is 238 Å². The van der Waals surface area contributed by atoms with Crippen LogP contribution in [0, 0.1) is 6.57 Å². The van der Waals surface area contributed by atoms with E-state index in [1.807, 2.05) is 0 Å². The molecule has 0 saturated heterocycles. The average Bonchev–Trinajstić information content (AvgIpc) is 4.04. The molecule has 0 unspecified atom stereocenters. The molecule has 0 aliphatic carbocycles. The van der Waals surface area contributed by atoms with Crippen LogP contribution in [0.2, 0.25) is 0 Å². The summed E-state index contributed by atoms with van der Waals surface area (Å²) >= 11 is 1.71. The molecule has 0 fully saturated rings. The maximum atomic E-state index is 8.73. The van der Waals surface area contributed by atoms with Crippen molar-refractivity contribution in [2.45, 2.75) is 0 Å². The molecular weight excluding hydrogens is 807 g/mol. The minimum absolute atomic E-state index is 0.648. The van der Waals surface area contributed by atoms with Crippen molar-refractivity contribution < 1.29 is 0 Å². The Balaban J connectivity index is 1.20. The largest absolute Gasteiger partial charge is 0.308 e. The monoisotopic (exact) mass is 843 g/mol. The Bertz CT molecular complexity index is 3850. The molecule has 4 heteroatoms. The Labute approximate surface area is 379 Å². The molecular formula is C61H37N3S.